The predicted octanol–water partition coefficient (Wildman–Crippen LogP) is 1.01. The summed E-state index contributed by atoms with van der Waals surface area (Å²) < 4.78 is 6.49. The highest BCUT2D eigenvalue weighted by atomic mass is 16.5. The highest BCUT2D eigenvalue weighted by Crippen LogP contribution is 2.23. The Balaban J connectivity index is 2.36. The molecule has 5 nitrogen and oxygen atoms in total. The molecule has 2 aromatic rings. The zero-order chi connectivity index (χ0) is 15.2. The van der Waals surface area contributed by atoms with Crippen molar-refractivity contribution < 1.29 is 19.4 Å². The van der Waals surface area contributed by atoms with Crippen LogP contribution in [0.4, 0.5) is 0 Å². The Morgan fingerprint density at radius 1 is 1.14 bits per heavy atom. The number of aryl methyl sites for hydroxylation is 1. The minimum Gasteiger partial charge on any atom is -0.550 e. The zero-order valence-corrected chi connectivity index (χ0v) is 11.7. The fourth-order valence-electron chi connectivity index (χ4n) is 2.20. The Labute approximate surface area is 122 Å². The van der Waals surface area contributed by atoms with Gasteiger partial charge in [0.15, 0.2) is 0 Å². The second kappa shape index (κ2) is 6.74. The lowest BCUT2D eigenvalue weighted by Gasteiger charge is -2.13. The molecular weight excluding hydrogens is 270 g/mol. The van der Waals surface area contributed by atoms with Crippen LogP contribution in [0.3, 0.4) is 0 Å². The maximum absolute atomic E-state index is 11.6. The van der Waals surface area contributed by atoms with Gasteiger partial charge < -0.3 is 19.2 Å². The number of carbonyl (C=O) groups is 2. The van der Waals surface area contributed by atoms with Crippen LogP contribution in [-0.2, 0) is 27.3 Å². The molecule has 0 saturated heterocycles. The summed E-state index contributed by atoms with van der Waals surface area (Å²) in [6.07, 6.45) is 0.228. The van der Waals surface area contributed by atoms with E-state index in [1.165, 1.54) is 7.11 Å². The van der Waals surface area contributed by atoms with Crippen LogP contribution in [-0.4, -0.2) is 23.6 Å². The summed E-state index contributed by atoms with van der Waals surface area (Å²) in [4.78, 5) is 22.2. The van der Waals surface area contributed by atoms with Gasteiger partial charge in [0.25, 0.3) is 0 Å². The SMILES string of the molecule is COC(=O)Cn1c(CCC(=O)[O-])ccc1-c1ccccc1. The predicted molar refractivity (Wildman–Crippen MR) is 75.2 cm³/mol. The molecule has 0 aliphatic carbocycles. The van der Waals surface area contributed by atoms with Crippen LogP contribution in [0, 0.1) is 0 Å². The van der Waals surface area contributed by atoms with Crippen LogP contribution in [0.1, 0.15) is 12.1 Å². The van der Waals surface area contributed by atoms with Gasteiger partial charge in [-0.15, -0.1) is 0 Å². The molecule has 110 valence electrons. The molecule has 0 fully saturated rings. The minimum absolute atomic E-state index is 0.0517. The van der Waals surface area contributed by atoms with Crippen molar-refractivity contribution >= 4 is 11.9 Å². The molecular formula is C16H16NO4-. The Morgan fingerprint density at radius 3 is 2.48 bits per heavy atom. The molecule has 0 N–H and O–H groups in total. The van der Waals surface area contributed by atoms with Crippen molar-refractivity contribution in [3.8, 4) is 11.3 Å². The number of methoxy groups -OCH3 is 1. The van der Waals surface area contributed by atoms with Gasteiger partial charge in [-0.1, -0.05) is 30.3 Å². The van der Waals surface area contributed by atoms with Gasteiger partial charge in [-0.05, 0) is 30.5 Å². The monoisotopic (exact) mass is 286 g/mol. The molecule has 0 aliphatic rings. The Kier molecular flexibility index (Phi) is 4.77. The first kappa shape index (κ1) is 14.8. The normalized spacial score (nSPS) is 10.3. The lowest BCUT2D eigenvalue weighted by Crippen LogP contribution is -2.23. The van der Waals surface area contributed by atoms with Crippen molar-refractivity contribution in [2.45, 2.75) is 19.4 Å². The molecule has 5 heteroatoms. The number of rotatable bonds is 6. The van der Waals surface area contributed by atoms with Crippen LogP contribution < -0.4 is 5.11 Å². The Hall–Kier alpha value is -2.56. The van der Waals surface area contributed by atoms with Gasteiger partial charge in [-0.25, -0.2) is 0 Å². The molecule has 0 radical (unpaired) electrons. The number of aliphatic carboxylic acids is 1. The standard InChI is InChI=1S/C16H17NO4/c1-21-16(20)11-17-13(8-10-15(18)19)7-9-14(17)12-5-3-2-4-6-12/h2-7,9H,8,10-11H2,1H3,(H,18,19)/p-1. The molecule has 1 heterocycles. The first-order valence-electron chi connectivity index (χ1n) is 6.62. The van der Waals surface area contributed by atoms with E-state index in [4.69, 9.17) is 4.74 Å². The summed E-state index contributed by atoms with van der Waals surface area (Å²) in [5.74, 6) is -1.49. The van der Waals surface area contributed by atoms with E-state index in [-0.39, 0.29) is 18.9 Å². The molecule has 0 amide bonds. The van der Waals surface area contributed by atoms with Gasteiger partial charge in [0.1, 0.15) is 6.54 Å². The molecule has 1 aromatic heterocycles. The van der Waals surface area contributed by atoms with Gasteiger partial charge in [0, 0.05) is 17.4 Å². The van der Waals surface area contributed by atoms with Gasteiger partial charge in [-0.3, -0.25) is 4.79 Å². The van der Waals surface area contributed by atoms with E-state index < -0.39 is 5.97 Å². The van der Waals surface area contributed by atoms with Crippen LogP contribution >= 0.6 is 0 Å². The number of aromatic nitrogens is 1. The summed E-state index contributed by atoms with van der Waals surface area (Å²) in [5, 5.41) is 10.6. The Bertz CT molecular complexity index is 631. The number of benzene rings is 1. The fraction of sp³-hybridized carbons (Fsp3) is 0.250. The van der Waals surface area contributed by atoms with Crippen molar-refractivity contribution in [3.63, 3.8) is 0 Å². The van der Waals surface area contributed by atoms with Gasteiger partial charge >= 0.3 is 5.97 Å². The largest absolute Gasteiger partial charge is 0.550 e. The molecule has 0 aliphatic heterocycles. The molecule has 0 atom stereocenters. The molecule has 21 heavy (non-hydrogen) atoms. The van der Waals surface area contributed by atoms with E-state index in [9.17, 15) is 14.7 Å². The second-order valence-electron chi connectivity index (χ2n) is 4.61. The van der Waals surface area contributed by atoms with Crippen LogP contribution in [0.2, 0.25) is 0 Å². The summed E-state index contributed by atoms with van der Waals surface area (Å²) in [5.41, 5.74) is 2.58. The summed E-state index contributed by atoms with van der Waals surface area (Å²) in [7, 11) is 1.33. The van der Waals surface area contributed by atoms with E-state index in [2.05, 4.69) is 0 Å². The van der Waals surface area contributed by atoms with Crippen molar-refractivity contribution in [2.75, 3.05) is 7.11 Å². The first-order chi connectivity index (χ1) is 10.1. The highest BCUT2D eigenvalue weighted by molar-refractivity contribution is 5.71. The van der Waals surface area contributed by atoms with E-state index in [1.807, 2.05) is 42.5 Å². The first-order valence-corrected chi connectivity index (χ1v) is 6.62. The molecule has 1 aromatic carbocycles. The van der Waals surface area contributed by atoms with Gasteiger partial charge in [-0.2, -0.15) is 0 Å². The van der Waals surface area contributed by atoms with Crippen molar-refractivity contribution in [1.29, 1.82) is 0 Å². The number of carboxylic acids is 1. The molecule has 2 rings (SSSR count). The number of ether oxygens (including phenoxy) is 1. The van der Waals surface area contributed by atoms with E-state index in [0.717, 1.165) is 17.0 Å². The fourth-order valence-corrected chi connectivity index (χ4v) is 2.20. The van der Waals surface area contributed by atoms with Gasteiger partial charge in [0.2, 0.25) is 0 Å². The summed E-state index contributed by atoms with van der Waals surface area (Å²) >= 11 is 0. The number of carboxylic acid groups (broad SMARTS) is 1. The third kappa shape index (κ3) is 3.72. The Morgan fingerprint density at radius 2 is 1.86 bits per heavy atom. The average molecular weight is 286 g/mol. The van der Waals surface area contributed by atoms with Gasteiger partial charge in [0.05, 0.1) is 7.11 Å². The molecule has 0 bridgehead atoms. The smallest absolute Gasteiger partial charge is 0.325 e. The molecule has 0 unspecified atom stereocenters. The number of hydrogen-bond donors (Lipinski definition) is 0. The number of hydrogen-bond acceptors (Lipinski definition) is 4. The molecule has 0 spiro atoms. The highest BCUT2D eigenvalue weighted by Gasteiger charge is 2.13. The van der Waals surface area contributed by atoms with Crippen LogP contribution in [0.25, 0.3) is 11.3 Å². The zero-order valence-electron chi connectivity index (χ0n) is 11.7. The second-order valence-corrected chi connectivity index (χ2v) is 4.61. The number of nitrogens with zero attached hydrogens (tertiary/aromatic N) is 1. The topological polar surface area (TPSA) is 71.4 Å². The summed E-state index contributed by atoms with van der Waals surface area (Å²) in [6, 6.07) is 13.3. The van der Waals surface area contributed by atoms with Crippen molar-refractivity contribution in [1.82, 2.24) is 4.57 Å². The van der Waals surface area contributed by atoms with Crippen LogP contribution in [0.15, 0.2) is 42.5 Å². The third-order valence-electron chi connectivity index (χ3n) is 3.24. The molecule has 0 saturated carbocycles. The van der Waals surface area contributed by atoms with E-state index in [1.54, 1.807) is 4.57 Å². The van der Waals surface area contributed by atoms with Crippen molar-refractivity contribution in [2.24, 2.45) is 0 Å². The third-order valence-corrected chi connectivity index (χ3v) is 3.24. The maximum Gasteiger partial charge on any atom is 0.325 e. The van der Waals surface area contributed by atoms with E-state index >= 15 is 0 Å². The quantitative estimate of drug-likeness (QED) is 0.743. The number of esters is 1. The number of carbonyl (C=O) groups excluding carboxylic acids is 2. The lowest BCUT2D eigenvalue weighted by molar-refractivity contribution is -0.305. The van der Waals surface area contributed by atoms with Crippen molar-refractivity contribution in [3.05, 3.63) is 48.2 Å². The van der Waals surface area contributed by atoms with E-state index in [0.29, 0.717) is 6.42 Å². The minimum atomic E-state index is -1.11. The average Bonchev–Trinajstić information content (AvgIpc) is 2.88. The maximum atomic E-state index is 11.6. The summed E-state index contributed by atoms with van der Waals surface area (Å²) in [6.45, 7) is 0.0517. The van der Waals surface area contributed by atoms with Crippen LogP contribution in [0.5, 0.6) is 0 Å². The lowest BCUT2D eigenvalue weighted by atomic mass is 10.1.